The Labute approximate surface area is 179 Å². The van der Waals surface area contributed by atoms with Gasteiger partial charge in [0.25, 0.3) is 11.8 Å². The summed E-state index contributed by atoms with van der Waals surface area (Å²) in [6, 6.07) is 15.7. The summed E-state index contributed by atoms with van der Waals surface area (Å²) in [7, 11) is 0. The number of aryl methyl sites for hydroxylation is 1. The second-order valence-electron chi connectivity index (χ2n) is 8.07. The Balaban J connectivity index is 1.97. The number of amides is 2. The summed E-state index contributed by atoms with van der Waals surface area (Å²) in [6.45, 7) is 12.5. The number of carbonyl (C=O) groups is 2. The molecule has 158 valence electrons. The van der Waals surface area contributed by atoms with Crippen LogP contribution in [0.3, 0.4) is 0 Å². The van der Waals surface area contributed by atoms with Gasteiger partial charge < -0.3 is 10.2 Å². The average Bonchev–Trinajstić information content (AvgIpc) is 2.95. The van der Waals surface area contributed by atoms with E-state index >= 15 is 0 Å². The maximum absolute atomic E-state index is 13.2. The molecule has 0 bridgehead atoms. The van der Waals surface area contributed by atoms with Crippen molar-refractivity contribution < 1.29 is 9.59 Å². The molecule has 5 nitrogen and oxygen atoms in total. The highest BCUT2D eigenvalue weighted by molar-refractivity contribution is 6.36. The van der Waals surface area contributed by atoms with Crippen LogP contribution in [0.2, 0.25) is 0 Å². The highest BCUT2D eigenvalue weighted by Crippen LogP contribution is 2.31. The molecule has 0 aromatic heterocycles. The molecule has 0 atom stereocenters. The molecular formula is C25H31N3O2. The third-order valence-electron chi connectivity index (χ3n) is 5.32. The number of imide groups is 1. The molecule has 2 aromatic carbocycles. The lowest BCUT2D eigenvalue weighted by Crippen LogP contribution is -2.35. The van der Waals surface area contributed by atoms with Crippen molar-refractivity contribution in [2.45, 2.75) is 34.6 Å². The van der Waals surface area contributed by atoms with Crippen LogP contribution in [-0.2, 0) is 9.59 Å². The van der Waals surface area contributed by atoms with Gasteiger partial charge in [0.15, 0.2) is 0 Å². The van der Waals surface area contributed by atoms with Crippen molar-refractivity contribution in [3.63, 3.8) is 0 Å². The first-order chi connectivity index (χ1) is 14.3. The molecule has 0 saturated heterocycles. The van der Waals surface area contributed by atoms with Crippen LogP contribution in [-0.4, -0.2) is 36.3 Å². The highest BCUT2D eigenvalue weighted by Gasteiger charge is 2.39. The maximum Gasteiger partial charge on any atom is 0.278 e. The Morgan fingerprint density at radius 2 is 1.50 bits per heavy atom. The number of nitrogens with one attached hydrogen (secondary N) is 1. The summed E-state index contributed by atoms with van der Waals surface area (Å²) < 4.78 is 0. The minimum atomic E-state index is -0.267. The fourth-order valence-corrected chi connectivity index (χ4v) is 3.70. The Morgan fingerprint density at radius 1 is 0.900 bits per heavy atom. The largest absolute Gasteiger partial charge is 0.372 e. The van der Waals surface area contributed by atoms with Gasteiger partial charge in [0.05, 0.1) is 5.57 Å². The van der Waals surface area contributed by atoms with E-state index < -0.39 is 0 Å². The van der Waals surface area contributed by atoms with Crippen LogP contribution in [0.25, 0.3) is 5.57 Å². The van der Waals surface area contributed by atoms with Crippen molar-refractivity contribution in [1.29, 1.82) is 0 Å². The molecule has 2 aromatic rings. The normalized spacial score (nSPS) is 14.1. The average molecular weight is 406 g/mol. The molecule has 0 saturated carbocycles. The second-order valence-corrected chi connectivity index (χ2v) is 8.07. The van der Waals surface area contributed by atoms with Gasteiger partial charge in [-0.3, -0.25) is 14.5 Å². The molecule has 1 aliphatic heterocycles. The highest BCUT2D eigenvalue weighted by atomic mass is 16.2. The third kappa shape index (κ3) is 4.40. The number of rotatable bonds is 8. The van der Waals surface area contributed by atoms with E-state index in [1.165, 1.54) is 4.90 Å². The van der Waals surface area contributed by atoms with E-state index in [-0.39, 0.29) is 17.7 Å². The monoisotopic (exact) mass is 405 g/mol. The number of hydrogen-bond acceptors (Lipinski definition) is 4. The molecule has 5 heteroatoms. The zero-order chi connectivity index (χ0) is 21.8. The van der Waals surface area contributed by atoms with Crippen molar-refractivity contribution in [1.82, 2.24) is 4.90 Å². The summed E-state index contributed by atoms with van der Waals surface area (Å²) in [6.07, 6.45) is 0. The summed E-state index contributed by atoms with van der Waals surface area (Å²) in [5.41, 5.74) is 4.57. The standard InChI is InChI=1S/C25H31N3O2/c1-6-27(7-2)21-14-12-20(13-15-21)26-23-22(19-10-8-18(5)9-11-19)24(29)28(25(23)30)16-17(3)4/h8-15,17,26H,6-7,16H2,1-5H3. The van der Waals surface area contributed by atoms with Crippen molar-refractivity contribution >= 4 is 28.8 Å². The summed E-state index contributed by atoms with van der Waals surface area (Å²) in [5, 5.41) is 3.24. The second kappa shape index (κ2) is 9.16. The first-order valence-electron chi connectivity index (χ1n) is 10.6. The minimum absolute atomic E-state index is 0.199. The number of carbonyl (C=O) groups excluding carboxylic acids is 2. The van der Waals surface area contributed by atoms with E-state index in [0.717, 1.165) is 35.6 Å². The molecule has 0 aliphatic carbocycles. The van der Waals surface area contributed by atoms with Gasteiger partial charge in [-0.25, -0.2) is 0 Å². The molecule has 0 radical (unpaired) electrons. The molecule has 0 spiro atoms. The van der Waals surface area contributed by atoms with Gasteiger partial charge in [0.1, 0.15) is 5.70 Å². The van der Waals surface area contributed by atoms with Crippen LogP contribution >= 0.6 is 0 Å². The van der Waals surface area contributed by atoms with E-state index in [1.54, 1.807) is 0 Å². The van der Waals surface area contributed by atoms with E-state index in [2.05, 4.69) is 24.1 Å². The Bertz CT molecular complexity index is 939. The van der Waals surface area contributed by atoms with Crippen LogP contribution < -0.4 is 10.2 Å². The zero-order valence-corrected chi connectivity index (χ0v) is 18.5. The molecule has 2 amide bonds. The number of benzene rings is 2. The fourth-order valence-electron chi connectivity index (χ4n) is 3.70. The molecule has 0 fully saturated rings. The predicted molar refractivity (Wildman–Crippen MR) is 123 cm³/mol. The van der Waals surface area contributed by atoms with Crippen LogP contribution in [0, 0.1) is 12.8 Å². The molecule has 1 aliphatic rings. The first-order valence-corrected chi connectivity index (χ1v) is 10.6. The van der Waals surface area contributed by atoms with Crippen LogP contribution in [0.15, 0.2) is 54.2 Å². The SMILES string of the molecule is CCN(CC)c1ccc(NC2=C(c3ccc(C)cc3)C(=O)N(CC(C)C)C2=O)cc1. The Hall–Kier alpha value is -3.08. The van der Waals surface area contributed by atoms with E-state index in [9.17, 15) is 9.59 Å². The lowest BCUT2D eigenvalue weighted by atomic mass is 10.0. The summed E-state index contributed by atoms with van der Waals surface area (Å²) in [4.78, 5) is 29.9. The lowest BCUT2D eigenvalue weighted by Gasteiger charge is -2.21. The van der Waals surface area contributed by atoms with Crippen molar-refractivity contribution in [2.75, 3.05) is 29.9 Å². The van der Waals surface area contributed by atoms with Crippen LogP contribution in [0.5, 0.6) is 0 Å². The van der Waals surface area contributed by atoms with E-state index in [0.29, 0.717) is 17.8 Å². The number of hydrogen-bond donors (Lipinski definition) is 1. The van der Waals surface area contributed by atoms with Gasteiger partial charge in [-0.05, 0) is 56.5 Å². The van der Waals surface area contributed by atoms with Crippen molar-refractivity contribution in [3.05, 3.63) is 65.4 Å². The smallest absolute Gasteiger partial charge is 0.278 e. The van der Waals surface area contributed by atoms with Gasteiger partial charge in [-0.2, -0.15) is 0 Å². The zero-order valence-electron chi connectivity index (χ0n) is 18.5. The van der Waals surface area contributed by atoms with Gasteiger partial charge in [-0.1, -0.05) is 43.7 Å². The first kappa shape index (κ1) is 21.6. The van der Waals surface area contributed by atoms with Crippen LogP contribution in [0.1, 0.15) is 38.8 Å². The molecular weight excluding hydrogens is 374 g/mol. The Kier molecular flexibility index (Phi) is 6.60. The molecule has 30 heavy (non-hydrogen) atoms. The van der Waals surface area contributed by atoms with Crippen molar-refractivity contribution in [3.8, 4) is 0 Å². The summed E-state index contributed by atoms with van der Waals surface area (Å²) in [5.74, 6) is -0.304. The maximum atomic E-state index is 13.2. The van der Waals surface area contributed by atoms with Gasteiger partial charge in [0.2, 0.25) is 0 Å². The molecule has 3 rings (SSSR count). The molecule has 1 N–H and O–H groups in total. The predicted octanol–water partition coefficient (Wildman–Crippen LogP) is 4.69. The minimum Gasteiger partial charge on any atom is -0.372 e. The molecule has 0 unspecified atom stereocenters. The van der Waals surface area contributed by atoms with Gasteiger partial charge >= 0.3 is 0 Å². The van der Waals surface area contributed by atoms with E-state index in [4.69, 9.17) is 0 Å². The Morgan fingerprint density at radius 3 is 2.03 bits per heavy atom. The number of nitrogens with zero attached hydrogens (tertiary/aromatic N) is 2. The van der Waals surface area contributed by atoms with Gasteiger partial charge in [-0.15, -0.1) is 0 Å². The quantitative estimate of drug-likeness (QED) is 0.648. The number of anilines is 2. The van der Waals surface area contributed by atoms with Crippen molar-refractivity contribution in [2.24, 2.45) is 5.92 Å². The van der Waals surface area contributed by atoms with Crippen LogP contribution in [0.4, 0.5) is 11.4 Å². The lowest BCUT2D eigenvalue weighted by molar-refractivity contribution is -0.137. The summed E-state index contributed by atoms with van der Waals surface area (Å²) >= 11 is 0. The van der Waals surface area contributed by atoms with E-state index in [1.807, 2.05) is 69.3 Å². The van der Waals surface area contributed by atoms with Gasteiger partial charge in [0, 0.05) is 31.0 Å². The molecule has 1 heterocycles. The fraction of sp³-hybridized carbons (Fsp3) is 0.360. The topological polar surface area (TPSA) is 52.7 Å². The third-order valence-corrected chi connectivity index (χ3v) is 5.32.